The van der Waals surface area contributed by atoms with Crippen molar-refractivity contribution in [3.8, 4) is 0 Å². The van der Waals surface area contributed by atoms with Gasteiger partial charge in [-0.15, -0.1) is 0 Å². The first-order chi connectivity index (χ1) is 10.1. The van der Waals surface area contributed by atoms with Crippen LogP contribution in [0.1, 0.15) is 37.3 Å². The van der Waals surface area contributed by atoms with Crippen LogP contribution in [-0.4, -0.2) is 5.91 Å². The third-order valence-corrected chi connectivity index (χ3v) is 4.18. The quantitative estimate of drug-likeness (QED) is 0.798. The van der Waals surface area contributed by atoms with E-state index >= 15 is 0 Å². The molecular weight excluding hydrogens is 326 g/mol. The molecule has 0 aliphatic heterocycles. The molecule has 0 fully saturated rings. The summed E-state index contributed by atoms with van der Waals surface area (Å²) in [5, 5.41) is 3.04. The van der Waals surface area contributed by atoms with Crippen LogP contribution in [0.5, 0.6) is 0 Å². The monoisotopic (exact) mass is 345 g/mol. The molecule has 1 amide bonds. The summed E-state index contributed by atoms with van der Waals surface area (Å²) in [4.78, 5) is 12.2. The molecule has 0 saturated heterocycles. The Kier molecular flexibility index (Phi) is 5.57. The number of benzene rings is 2. The van der Waals surface area contributed by atoms with E-state index in [0.29, 0.717) is 12.3 Å². The van der Waals surface area contributed by atoms with E-state index in [1.807, 2.05) is 42.5 Å². The molecule has 1 atom stereocenters. The van der Waals surface area contributed by atoms with Crippen LogP contribution in [0.3, 0.4) is 0 Å². The van der Waals surface area contributed by atoms with Gasteiger partial charge in [-0.1, -0.05) is 60.1 Å². The second-order valence-corrected chi connectivity index (χ2v) is 6.16. The van der Waals surface area contributed by atoms with E-state index in [1.54, 1.807) is 0 Å². The number of halogens is 1. The Morgan fingerprint density at radius 3 is 2.48 bits per heavy atom. The molecule has 2 aromatic rings. The second-order valence-electron chi connectivity index (χ2n) is 5.25. The van der Waals surface area contributed by atoms with Gasteiger partial charge in [0.05, 0.1) is 6.42 Å². The predicted octanol–water partition coefficient (Wildman–Crippen LogP) is 5.14. The van der Waals surface area contributed by atoms with Gasteiger partial charge in [-0.25, -0.2) is 0 Å². The van der Waals surface area contributed by atoms with Gasteiger partial charge in [0.25, 0.3) is 0 Å². The Labute approximate surface area is 134 Å². The lowest BCUT2D eigenvalue weighted by atomic mass is 9.97. The average Bonchev–Trinajstić information content (AvgIpc) is 2.49. The van der Waals surface area contributed by atoms with Crippen LogP contribution in [0.4, 0.5) is 5.69 Å². The van der Waals surface area contributed by atoms with Crippen molar-refractivity contribution in [2.75, 3.05) is 5.32 Å². The third-order valence-electron chi connectivity index (χ3n) is 3.66. The standard InChI is InChI=1S/C18H20BrNO/c1-3-13(2)16-6-4-5-7-17(16)20-18(21)12-14-8-10-15(19)11-9-14/h4-11,13H,3,12H2,1-2H3,(H,20,21). The van der Waals surface area contributed by atoms with Crippen LogP contribution in [0, 0.1) is 0 Å². The molecule has 0 heterocycles. The van der Waals surface area contributed by atoms with E-state index in [1.165, 1.54) is 5.56 Å². The predicted molar refractivity (Wildman–Crippen MR) is 91.6 cm³/mol. The van der Waals surface area contributed by atoms with Crippen molar-refractivity contribution < 1.29 is 4.79 Å². The van der Waals surface area contributed by atoms with Gasteiger partial charge in [0.1, 0.15) is 0 Å². The molecule has 21 heavy (non-hydrogen) atoms. The highest BCUT2D eigenvalue weighted by molar-refractivity contribution is 9.10. The third kappa shape index (κ3) is 4.43. The fourth-order valence-corrected chi connectivity index (χ4v) is 2.51. The lowest BCUT2D eigenvalue weighted by molar-refractivity contribution is -0.115. The maximum absolute atomic E-state index is 12.2. The van der Waals surface area contributed by atoms with Crippen LogP contribution in [-0.2, 0) is 11.2 Å². The lowest BCUT2D eigenvalue weighted by Gasteiger charge is -2.15. The highest BCUT2D eigenvalue weighted by atomic mass is 79.9. The van der Waals surface area contributed by atoms with Crippen LogP contribution >= 0.6 is 15.9 Å². The summed E-state index contributed by atoms with van der Waals surface area (Å²) in [5.74, 6) is 0.460. The minimum Gasteiger partial charge on any atom is -0.326 e. The number of nitrogens with one attached hydrogen (secondary N) is 1. The Hall–Kier alpha value is -1.61. The van der Waals surface area contributed by atoms with Gasteiger partial charge in [0, 0.05) is 10.2 Å². The summed E-state index contributed by atoms with van der Waals surface area (Å²) < 4.78 is 1.02. The summed E-state index contributed by atoms with van der Waals surface area (Å²) in [6.45, 7) is 4.34. The summed E-state index contributed by atoms with van der Waals surface area (Å²) >= 11 is 3.40. The van der Waals surface area contributed by atoms with Crippen molar-refractivity contribution in [1.82, 2.24) is 0 Å². The van der Waals surface area contributed by atoms with Crippen molar-refractivity contribution in [3.63, 3.8) is 0 Å². The summed E-state index contributed by atoms with van der Waals surface area (Å²) in [6.07, 6.45) is 1.45. The van der Waals surface area contributed by atoms with E-state index in [2.05, 4.69) is 41.2 Å². The zero-order valence-corrected chi connectivity index (χ0v) is 14.0. The maximum atomic E-state index is 12.2. The van der Waals surface area contributed by atoms with E-state index in [9.17, 15) is 4.79 Å². The van der Waals surface area contributed by atoms with Gasteiger partial charge < -0.3 is 5.32 Å². The fraction of sp³-hybridized carbons (Fsp3) is 0.278. The van der Waals surface area contributed by atoms with Crippen LogP contribution in [0.2, 0.25) is 0 Å². The minimum atomic E-state index is 0.0214. The number of carbonyl (C=O) groups is 1. The molecular formula is C18H20BrNO. The molecule has 0 aromatic heterocycles. The molecule has 0 bridgehead atoms. The summed E-state index contributed by atoms with van der Waals surface area (Å²) in [5.41, 5.74) is 3.13. The van der Waals surface area contributed by atoms with Crippen molar-refractivity contribution in [3.05, 3.63) is 64.1 Å². The van der Waals surface area contributed by atoms with E-state index in [4.69, 9.17) is 0 Å². The van der Waals surface area contributed by atoms with Crippen molar-refractivity contribution in [1.29, 1.82) is 0 Å². The smallest absolute Gasteiger partial charge is 0.228 e. The highest BCUT2D eigenvalue weighted by Gasteiger charge is 2.11. The molecule has 0 spiro atoms. The van der Waals surface area contributed by atoms with Crippen LogP contribution < -0.4 is 5.32 Å². The number of carbonyl (C=O) groups excluding carboxylic acids is 1. The molecule has 1 unspecified atom stereocenters. The first kappa shape index (κ1) is 15.8. The number of para-hydroxylation sites is 1. The van der Waals surface area contributed by atoms with Gasteiger partial charge in [-0.05, 0) is 41.7 Å². The normalized spacial score (nSPS) is 12.0. The lowest BCUT2D eigenvalue weighted by Crippen LogP contribution is -2.16. The summed E-state index contributed by atoms with van der Waals surface area (Å²) in [7, 11) is 0. The highest BCUT2D eigenvalue weighted by Crippen LogP contribution is 2.26. The SMILES string of the molecule is CCC(C)c1ccccc1NC(=O)Cc1ccc(Br)cc1. The largest absolute Gasteiger partial charge is 0.326 e. The van der Waals surface area contributed by atoms with Gasteiger partial charge in [-0.2, -0.15) is 0 Å². The first-order valence-electron chi connectivity index (χ1n) is 7.23. The number of rotatable bonds is 5. The van der Waals surface area contributed by atoms with Crippen LogP contribution in [0.15, 0.2) is 53.0 Å². The van der Waals surface area contributed by atoms with Crippen molar-refractivity contribution in [2.24, 2.45) is 0 Å². The van der Waals surface area contributed by atoms with Gasteiger partial charge in [-0.3, -0.25) is 4.79 Å². The second kappa shape index (κ2) is 7.41. The average molecular weight is 346 g/mol. The molecule has 2 rings (SSSR count). The topological polar surface area (TPSA) is 29.1 Å². The van der Waals surface area contributed by atoms with Crippen molar-refractivity contribution in [2.45, 2.75) is 32.6 Å². The Balaban J connectivity index is 2.07. The van der Waals surface area contributed by atoms with E-state index in [0.717, 1.165) is 22.1 Å². The van der Waals surface area contributed by atoms with Gasteiger partial charge >= 0.3 is 0 Å². The van der Waals surface area contributed by atoms with Gasteiger partial charge in [0.2, 0.25) is 5.91 Å². The Morgan fingerprint density at radius 1 is 1.14 bits per heavy atom. The summed E-state index contributed by atoms with van der Waals surface area (Å²) in [6, 6.07) is 15.9. The number of hydrogen-bond acceptors (Lipinski definition) is 1. The minimum absolute atomic E-state index is 0.0214. The molecule has 0 saturated carbocycles. The molecule has 1 N–H and O–H groups in total. The van der Waals surface area contributed by atoms with Crippen molar-refractivity contribution >= 4 is 27.5 Å². The van der Waals surface area contributed by atoms with E-state index in [-0.39, 0.29) is 5.91 Å². The molecule has 2 aromatic carbocycles. The molecule has 110 valence electrons. The molecule has 0 radical (unpaired) electrons. The van der Waals surface area contributed by atoms with E-state index < -0.39 is 0 Å². The number of hydrogen-bond donors (Lipinski definition) is 1. The van der Waals surface area contributed by atoms with Crippen LogP contribution in [0.25, 0.3) is 0 Å². The molecule has 0 aliphatic carbocycles. The molecule has 0 aliphatic rings. The fourth-order valence-electron chi connectivity index (χ4n) is 2.24. The zero-order valence-electron chi connectivity index (χ0n) is 12.4. The maximum Gasteiger partial charge on any atom is 0.228 e. The molecule has 3 heteroatoms. The molecule has 2 nitrogen and oxygen atoms in total. The van der Waals surface area contributed by atoms with Gasteiger partial charge in [0.15, 0.2) is 0 Å². The Morgan fingerprint density at radius 2 is 1.81 bits per heavy atom. The zero-order chi connectivity index (χ0) is 15.2. The number of amides is 1. The first-order valence-corrected chi connectivity index (χ1v) is 8.02. The Bertz CT molecular complexity index is 607. The number of anilines is 1.